The largest absolute Gasteiger partial charge is 0.493 e. The lowest BCUT2D eigenvalue weighted by atomic mass is 10.1. The molecule has 1 N–H and O–H groups in total. The third-order valence-electron chi connectivity index (χ3n) is 3.98. The number of hydrogen-bond donors (Lipinski definition) is 1. The fourth-order valence-electron chi connectivity index (χ4n) is 2.67. The van der Waals surface area contributed by atoms with Crippen LogP contribution in [0.5, 0.6) is 11.5 Å². The van der Waals surface area contributed by atoms with Crippen molar-refractivity contribution < 1.29 is 19.0 Å². The molecule has 1 aliphatic rings. The Morgan fingerprint density at radius 1 is 1.33 bits per heavy atom. The Morgan fingerprint density at radius 2 is 2.08 bits per heavy atom. The summed E-state index contributed by atoms with van der Waals surface area (Å²) in [5.41, 5.74) is 1.02. The maximum absolute atomic E-state index is 12.5. The molecule has 0 aromatic heterocycles. The summed E-state index contributed by atoms with van der Waals surface area (Å²) in [4.78, 5) is 14.3. The summed E-state index contributed by atoms with van der Waals surface area (Å²) in [5.74, 6) is 1.50. The summed E-state index contributed by atoms with van der Waals surface area (Å²) < 4.78 is 16.0. The SMILES string of the molecule is CCN(Cc1ccc(OC)c(OC)c1)C(=O)CC1COCCN1.Cl. The standard InChI is InChI=1S/C17H26N2O4.ClH/c1-4-19(17(20)10-14-12-23-8-7-18-14)11-13-5-6-15(21-2)16(9-13)22-3;/h5-6,9,14,18H,4,7-8,10-12H2,1-3H3;1H. The van der Waals surface area contributed by atoms with E-state index in [-0.39, 0.29) is 24.4 Å². The van der Waals surface area contributed by atoms with Crippen LogP contribution in [0, 0.1) is 0 Å². The third kappa shape index (κ3) is 5.54. The lowest BCUT2D eigenvalue weighted by Gasteiger charge is -2.27. The van der Waals surface area contributed by atoms with Crippen LogP contribution in [0.3, 0.4) is 0 Å². The van der Waals surface area contributed by atoms with E-state index < -0.39 is 0 Å². The van der Waals surface area contributed by atoms with Gasteiger partial charge in [-0.05, 0) is 24.6 Å². The second kappa shape index (κ2) is 10.4. The molecule has 1 atom stereocenters. The van der Waals surface area contributed by atoms with E-state index in [0.29, 0.717) is 44.2 Å². The Bertz CT molecular complexity index is 521. The van der Waals surface area contributed by atoms with Crippen LogP contribution < -0.4 is 14.8 Å². The number of nitrogens with one attached hydrogen (secondary N) is 1. The van der Waals surface area contributed by atoms with Gasteiger partial charge in [0.1, 0.15) is 0 Å². The topological polar surface area (TPSA) is 60.0 Å². The number of methoxy groups -OCH3 is 2. The van der Waals surface area contributed by atoms with Gasteiger partial charge in [-0.25, -0.2) is 0 Å². The van der Waals surface area contributed by atoms with Crippen molar-refractivity contribution in [2.24, 2.45) is 0 Å². The van der Waals surface area contributed by atoms with Gasteiger partial charge in [-0.3, -0.25) is 4.79 Å². The molecule has 0 bridgehead atoms. The number of benzene rings is 1. The highest BCUT2D eigenvalue weighted by Gasteiger charge is 2.20. The zero-order valence-corrected chi connectivity index (χ0v) is 15.4. The van der Waals surface area contributed by atoms with Gasteiger partial charge < -0.3 is 24.4 Å². The monoisotopic (exact) mass is 358 g/mol. The molecular formula is C17H27ClN2O4. The van der Waals surface area contributed by atoms with Crippen molar-refractivity contribution in [3.05, 3.63) is 23.8 Å². The second-order valence-corrected chi connectivity index (χ2v) is 5.53. The quantitative estimate of drug-likeness (QED) is 0.806. The van der Waals surface area contributed by atoms with Crippen molar-refractivity contribution in [1.29, 1.82) is 0 Å². The summed E-state index contributed by atoms with van der Waals surface area (Å²) in [6, 6.07) is 5.84. The molecule has 1 amide bonds. The first-order chi connectivity index (χ1) is 11.2. The van der Waals surface area contributed by atoms with Crippen LogP contribution in [0.25, 0.3) is 0 Å². The van der Waals surface area contributed by atoms with Gasteiger partial charge in [-0.15, -0.1) is 12.4 Å². The van der Waals surface area contributed by atoms with Gasteiger partial charge in [0.05, 0.1) is 27.4 Å². The summed E-state index contributed by atoms with van der Waals surface area (Å²) in [6.07, 6.45) is 0.459. The van der Waals surface area contributed by atoms with Gasteiger partial charge in [-0.1, -0.05) is 6.07 Å². The van der Waals surface area contributed by atoms with Gasteiger partial charge >= 0.3 is 0 Å². The number of hydrogen-bond acceptors (Lipinski definition) is 5. The Kier molecular flexibility index (Phi) is 8.89. The van der Waals surface area contributed by atoms with E-state index in [1.807, 2.05) is 30.0 Å². The van der Waals surface area contributed by atoms with Crippen molar-refractivity contribution in [1.82, 2.24) is 10.2 Å². The molecule has 6 nitrogen and oxygen atoms in total. The van der Waals surface area contributed by atoms with E-state index in [4.69, 9.17) is 14.2 Å². The number of amides is 1. The normalized spacial score (nSPS) is 16.9. The van der Waals surface area contributed by atoms with Crippen LogP contribution >= 0.6 is 12.4 Å². The molecule has 0 saturated carbocycles. The Balaban J connectivity index is 0.00000288. The number of carbonyl (C=O) groups is 1. The van der Waals surface area contributed by atoms with E-state index in [9.17, 15) is 4.79 Å². The lowest BCUT2D eigenvalue weighted by molar-refractivity contribution is -0.132. The van der Waals surface area contributed by atoms with E-state index >= 15 is 0 Å². The molecule has 1 aliphatic heterocycles. The van der Waals surface area contributed by atoms with E-state index in [2.05, 4.69) is 5.32 Å². The molecular weight excluding hydrogens is 332 g/mol. The van der Waals surface area contributed by atoms with Crippen LogP contribution in [0.1, 0.15) is 18.9 Å². The Morgan fingerprint density at radius 3 is 2.67 bits per heavy atom. The minimum atomic E-state index is 0. The zero-order valence-electron chi connectivity index (χ0n) is 14.5. The highest BCUT2D eigenvalue weighted by atomic mass is 35.5. The predicted octanol–water partition coefficient (Wildman–Crippen LogP) is 1.85. The van der Waals surface area contributed by atoms with Crippen molar-refractivity contribution in [3.8, 4) is 11.5 Å². The fraction of sp³-hybridized carbons (Fsp3) is 0.588. The number of morpholine rings is 1. The number of ether oxygens (including phenoxy) is 3. The third-order valence-corrected chi connectivity index (χ3v) is 3.98. The Hall–Kier alpha value is -1.50. The lowest BCUT2D eigenvalue weighted by Crippen LogP contribution is -2.45. The van der Waals surface area contributed by atoms with Crippen LogP contribution in [0.15, 0.2) is 18.2 Å². The summed E-state index contributed by atoms with van der Waals surface area (Å²) >= 11 is 0. The van der Waals surface area contributed by atoms with Crippen LogP contribution in [-0.2, 0) is 16.1 Å². The van der Waals surface area contributed by atoms with Crippen LogP contribution in [-0.4, -0.2) is 57.4 Å². The van der Waals surface area contributed by atoms with Gasteiger partial charge in [0.25, 0.3) is 0 Å². The summed E-state index contributed by atoms with van der Waals surface area (Å²) in [7, 11) is 3.22. The minimum absolute atomic E-state index is 0. The highest BCUT2D eigenvalue weighted by Crippen LogP contribution is 2.28. The number of halogens is 1. The first kappa shape index (κ1) is 20.5. The molecule has 2 rings (SSSR count). The maximum Gasteiger partial charge on any atom is 0.224 e. The minimum Gasteiger partial charge on any atom is -0.493 e. The molecule has 1 fully saturated rings. The molecule has 7 heteroatoms. The van der Waals surface area contributed by atoms with Crippen LogP contribution in [0.4, 0.5) is 0 Å². The molecule has 24 heavy (non-hydrogen) atoms. The van der Waals surface area contributed by atoms with Crippen LogP contribution in [0.2, 0.25) is 0 Å². The summed E-state index contributed by atoms with van der Waals surface area (Å²) in [5, 5.41) is 3.32. The molecule has 1 aromatic rings. The molecule has 136 valence electrons. The molecule has 0 aliphatic carbocycles. The second-order valence-electron chi connectivity index (χ2n) is 5.53. The van der Waals surface area contributed by atoms with Crippen molar-refractivity contribution in [2.75, 3.05) is 40.5 Å². The highest BCUT2D eigenvalue weighted by molar-refractivity contribution is 5.85. The molecule has 1 unspecified atom stereocenters. The molecule has 1 heterocycles. The van der Waals surface area contributed by atoms with Gasteiger partial charge in [0.15, 0.2) is 11.5 Å². The average Bonchev–Trinajstić information content (AvgIpc) is 2.60. The average molecular weight is 359 g/mol. The fourth-order valence-corrected chi connectivity index (χ4v) is 2.67. The summed E-state index contributed by atoms with van der Waals surface area (Å²) in [6.45, 7) is 5.33. The Labute approximate surface area is 149 Å². The number of carbonyl (C=O) groups excluding carboxylic acids is 1. The van der Waals surface area contributed by atoms with E-state index in [1.165, 1.54) is 0 Å². The van der Waals surface area contributed by atoms with Crippen molar-refractivity contribution in [3.63, 3.8) is 0 Å². The zero-order chi connectivity index (χ0) is 16.7. The maximum atomic E-state index is 12.5. The predicted molar refractivity (Wildman–Crippen MR) is 95.1 cm³/mol. The molecule has 0 radical (unpaired) electrons. The van der Waals surface area contributed by atoms with Gasteiger partial charge in [-0.2, -0.15) is 0 Å². The number of rotatable bonds is 7. The van der Waals surface area contributed by atoms with E-state index in [1.54, 1.807) is 14.2 Å². The molecule has 1 aromatic carbocycles. The van der Waals surface area contributed by atoms with Gasteiger partial charge in [0.2, 0.25) is 5.91 Å². The van der Waals surface area contributed by atoms with Crippen molar-refractivity contribution in [2.45, 2.75) is 25.9 Å². The van der Waals surface area contributed by atoms with Crippen molar-refractivity contribution >= 4 is 18.3 Å². The van der Waals surface area contributed by atoms with Gasteiger partial charge in [0, 0.05) is 32.1 Å². The first-order valence-corrected chi connectivity index (χ1v) is 7.97. The molecule has 0 spiro atoms. The smallest absolute Gasteiger partial charge is 0.224 e. The first-order valence-electron chi connectivity index (χ1n) is 7.97. The number of nitrogens with zero attached hydrogens (tertiary/aromatic N) is 1. The van der Waals surface area contributed by atoms with E-state index in [0.717, 1.165) is 12.1 Å². The molecule has 1 saturated heterocycles.